The molecule has 280 valence electrons. The monoisotopic (exact) mass is 783 g/mol. The molecule has 0 saturated heterocycles. The molecule has 4 nitrogen and oxygen atoms in total. The number of para-hydroxylation sites is 1. The normalized spacial score (nSPS) is 11.7. The Labute approximate surface area is 349 Å². The van der Waals surface area contributed by atoms with Gasteiger partial charge in [-0.25, -0.2) is 15.0 Å². The van der Waals surface area contributed by atoms with Gasteiger partial charge in [0, 0.05) is 53.9 Å². The van der Waals surface area contributed by atoms with Crippen molar-refractivity contribution in [3.8, 4) is 67.4 Å². The second kappa shape index (κ2) is 14.0. The van der Waals surface area contributed by atoms with Gasteiger partial charge in [0.2, 0.25) is 0 Å². The highest BCUT2D eigenvalue weighted by molar-refractivity contribution is 7.26. The molecular weight excluding hydrogens is 751 g/mol. The van der Waals surface area contributed by atoms with Crippen LogP contribution in [0.3, 0.4) is 0 Å². The third-order valence-corrected chi connectivity index (χ3v) is 12.7. The molecule has 60 heavy (non-hydrogen) atoms. The topological polar surface area (TPSA) is 51.8 Å². The van der Waals surface area contributed by atoms with Crippen LogP contribution in [0.5, 0.6) is 0 Å². The Hall–Kier alpha value is -7.73. The van der Waals surface area contributed by atoms with Crippen LogP contribution in [0.1, 0.15) is 0 Å². The SMILES string of the molecule is c1ccc(-c2cc(-c3ccc(-c4nc5cccc(-c6ccc(-c7cccc8oc9ccccc9c78)cc6)c5c5c4sc4ccccc45)cc3)nc(-c3ccccc3)n2)cc1. The number of benzene rings is 8. The van der Waals surface area contributed by atoms with Crippen molar-refractivity contribution in [3.05, 3.63) is 200 Å². The van der Waals surface area contributed by atoms with Gasteiger partial charge in [0.05, 0.1) is 27.3 Å². The van der Waals surface area contributed by atoms with Crippen molar-refractivity contribution in [2.45, 2.75) is 0 Å². The highest BCUT2D eigenvalue weighted by Gasteiger charge is 2.20. The van der Waals surface area contributed by atoms with E-state index in [-0.39, 0.29) is 0 Å². The Bertz CT molecular complexity index is 3520. The van der Waals surface area contributed by atoms with Gasteiger partial charge in [0.1, 0.15) is 11.2 Å². The standard InChI is InChI=1S/C55H33N3OS/c1-3-13-36(14-4-1)45-33-46(58-55(57-45)39-15-5-2-6-16-39)37-29-31-38(32-30-37)53-54-52(43-18-8-10-24-49(43)60-54)51-41(19-11-21-44(51)56-53)35-27-25-34(26-28-35)40-20-12-23-48-50(40)42-17-7-9-22-47(42)59-48/h1-33H. The summed E-state index contributed by atoms with van der Waals surface area (Å²) in [5, 5.41) is 5.93. The molecule has 0 bridgehead atoms. The molecule has 12 rings (SSSR count). The molecule has 12 aromatic rings. The van der Waals surface area contributed by atoms with Gasteiger partial charge in [-0.3, -0.25) is 0 Å². The number of fused-ring (bicyclic) bond motifs is 8. The lowest BCUT2D eigenvalue weighted by Gasteiger charge is -2.13. The number of rotatable bonds is 6. The number of aromatic nitrogens is 3. The van der Waals surface area contributed by atoms with Crippen LogP contribution in [-0.2, 0) is 0 Å². The van der Waals surface area contributed by atoms with E-state index in [4.69, 9.17) is 19.4 Å². The summed E-state index contributed by atoms with van der Waals surface area (Å²) >= 11 is 1.81. The summed E-state index contributed by atoms with van der Waals surface area (Å²) in [5.74, 6) is 0.702. The molecule has 5 heteroatoms. The van der Waals surface area contributed by atoms with E-state index in [2.05, 4.69) is 152 Å². The summed E-state index contributed by atoms with van der Waals surface area (Å²) in [4.78, 5) is 15.5. The first-order valence-corrected chi connectivity index (χ1v) is 20.9. The average molecular weight is 784 g/mol. The molecule has 0 atom stereocenters. The lowest BCUT2D eigenvalue weighted by molar-refractivity contribution is 0.669. The number of hydrogen-bond acceptors (Lipinski definition) is 5. The highest BCUT2D eigenvalue weighted by atomic mass is 32.1. The molecule has 0 radical (unpaired) electrons. The lowest BCUT2D eigenvalue weighted by atomic mass is 9.93. The molecule has 0 aliphatic heterocycles. The first-order chi connectivity index (χ1) is 29.7. The smallest absolute Gasteiger partial charge is 0.160 e. The fourth-order valence-electron chi connectivity index (χ4n) is 8.68. The van der Waals surface area contributed by atoms with Crippen molar-refractivity contribution in [3.63, 3.8) is 0 Å². The first-order valence-electron chi connectivity index (χ1n) is 20.1. The predicted molar refractivity (Wildman–Crippen MR) is 250 cm³/mol. The highest BCUT2D eigenvalue weighted by Crippen LogP contribution is 2.46. The molecule has 0 saturated carbocycles. The van der Waals surface area contributed by atoms with E-state index >= 15 is 0 Å². The van der Waals surface area contributed by atoms with Crippen LogP contribution in [0.15, 0.2) is 205 Å². The largest absolute Gasteiger partial charge is 0.456 e. The summed E-state index contributed by atoms with van der Waals surface area (Å²) in [6.45, 7) is 0. The Morgan fingerprint density at radius 3 is 1.65 bits per heavy atom. The summed E-state index contributed by atoms with van der Waals surface area (Å²) in [7, 11) is 0. The third-order valence-electron chi connectivity index (χ3n) is 11.5. The molecule has 0 aliphatic carbocycles. The van der Waals surface area contributed by atoms with Crippen molar-refractivity contribution in [2.75, 3.05) is 0 Å². The van der Waals surface area contributed by atoms with Gasteiger partial charge in [-0.15, -0.1) is 11.3 Å². The Morgan fingerprint density at radius 2 is 0.917 bits per heavy atom. The molecule has 0 N–H and O–H groups in total. The summed E-state index contributed by atoms with van der Waals surface area (Å²) < 4.78 is 8.64. The minimum Gasteiger partial charge on any atom is -0.456 e. The van der Waals surface area contributed by atoms with Crippen LogP contribution >= 0.6 is 11.3 Å². The predicted octanol–water partition coefficient (Wildman–Crippen LogP) is 15.3. The minimum absolute atomic E-state index is 0.702. The van der Waals surface area contributed by atoms with Crippen LogP contribution < -0.4 is 0 Å². The second-order valence-electron chi connectivity index (χ2n) is 15.1. The number of hydrogen-bond donors (Lipinski definition) is 0. The lowest BCUT2D eigenvalue weighted by Crippen LogP contribution is -1.96. The van der Waals surface area contributed by atoms with Gasteiger partial charge in [-0.05, 0) is 52.6 Å². The molecule has 4 aromatic heterocycles. The van der Waals surface area contributed by atoms with Crippen LogP contribution in [0.2, 0.25) is 0 Å². The van der Waals surface area contributed by atoms with Gasteiger partial charge < -0.3 is 4.42 Å². The van der Waals surface area contributed by atoms with Crippen molar-refractivity contribution >= 4 is 64.4 Å². The van der Waals surface area contributed by atoms with Gasteiger partial charge in [0.15, 0.2) is 5.82 Å². The molecule has 0 amide bonds. The Morgan fingerprint density at radius 1 is 0.367 bits per heavy atom. The number of thiophene rings is 1. The van der Waals surface area contributed by atoms with Gasteiger partial charge in [-0.1, -0.05) is 170 Å². The molecular formula is C55H33N3OS. The van der Waals surface area contributed by atoms with Crippen LogP contribution in [0.4, 0.5) is 0 Å². The van der Waals surface area contributed by atoms with Crippen molar-refractivity contribution in [2.24, 2.45) is 0 Å². The summed E-state index contributed by atoms with van der Waals surface area (Å²) in [6.07, 6.45) is 0. The van der Waals surface area contributed by atoms with Crippen molar-refractivity contribution in [1.29, 1.82) is 0 Å². The second-order valence-corrected chi connectivity index (χ2v) is 16.1. The Balaban J connectivity index is 0.976. The summed E-state index contributed by atoms with van der Waals surface area (Å²) in [6, 6.07) is 70.1. The first kappa shape index (κ1) is 34.3. The van der Waals surface area contributed by atoms with Crippen molar-refractivity contribution in [1.82, 2.24) is 15.0 Å². The minimum atomic E-state index is 0.702. The van der Waals surface area contributed by atoms with E-state index in [0.717, 1.165) is 77.9 Å². The van der Waals surface area contributed by atoms with E-state index in [0.29, 0.717) is 5.82 Å². The molecule has 0 spiro atoms. The molecule has 0 aliphatic rings. The number of pyridine rings is 1. The van der Waals surface area contributed by atoms with E-state index < -0.39 is 0 Å². The van der Waals surface area contributed by atoms with Crippen molar-refractivity contribution < 1.29 is 4.42 Å². The van der Waals surface area contributed by atoms with Gasteiger partial charge in [0.25, 0.3) is 0 Å². The van der Waals surface area contributed by atoms with E-state index in [1.165, 1.54) is 36.7 Å². The van der Waals surface area contributed by atoms with Gasteiger partial charge >= 0.3 is 0 Å². The van der Waals surface area contributed by atoms with Crippen LogP contribution in [0.25, 0.3) is 120 Å². The molecule has 4 heterocycles. The average Bonchev–Trinajstić information content (AvgIpc) is 3.91. The van der Waals surface area contributed by atoms with E-state index in [1.807, 2.05) is 59.9 Å². The molecule has 8 aromatic carbocycles. The zero-order chi connectivity index (χ0) is 39.6. The van der Waals surface area contributed by atoms with Crippen LogP contribution in [-0.4, -0.2) is 15.0 Å². The van der Waals surface area contributed by atoms with E-state index in [9.17, 15) is 0 Å². The summed E-state index contributed by atoms with van der Waals surface area (Å²) in [5.41, 5.74) is 14.3. The Kier molecular flexibility index (Phi) is 8.00. The third kappa shape index (κ3) is 5.70. The quantitative estimate of drug-likeness (QED) is 0.169. The number of furan rings is 1. The van der Waals surface area contributed by atoms with E-state index in [1.54, 1.807) is 0 Å². The molecule has 0 unspecified atom stereocenters. The van der Waals surface area contributed by atoms with Gasteiger partial charge in [-0.2, -0.15) is 0 Å². The fraction of sp³-hybridized carbons (Fsp3) is 0. The van der Waals surface area contributed by atoms with Crippen LogP contribution in [0, 0.1) is 0 Å². The maximum absolute atomic E-state index is 6.22. The fourth-order valence-corrected chi connectivity index (χ4v) is 9.90. The maximum atomic E-state index is 6.22. The molecule has 0 fully saturated rings. The maximum Gasteiger partial charge on any atom is 0.160 e. The zero-order valence-electron chi connectivity index (χ0n) is 32.2. The zero-order valence-corrected chi connectivity index (χ0v) is 33.0. The number of nitrogens with zero attached hydrogens (tertiary/aromatic N) is 3.